The Labute approximate surface area is 174 Å². The second kappa shape index (κ2) is 9.02. The van der Waals surface area contributed by atoms with Crippen molar-refractivity contribution in [1.29, 1.82) is 0 Å². The zero-order valence-electron chi connectivity index (χ0n) is 16.6. The van der Waals surface area contributed by atoms with Gasteiger partial charge in [-0.1, -0.05) is 72.8 Å². The molecular formula is C25H24F3NO. The molecule has 30 heavy (non-hydrogen) atoms. The first kappa shape index (κ1) is 20.6. The van der Waals surface area contributed by atoms with Crippen molar-refractivity contribution in [2.24, 2.45) is 0 Å². The van der Waals surface area contributed by atoms with E-state index >= 15 is 0 Å². The highest BCUT2D eigenvalue weighted by molar-refractivity contribution is 5.68. The summed E-state index contributed by atoms with van der Waals surface area (Å²) in [4.78, 5) is 2.38. The Hall–Kier alpha value is -2.63. The van der Waals surface area contributed by atoms with Crippen molar-refractivity contribution in [2.45, 2.75) is 18.7 Å². The molecule has 0 amide bonds. The van der Waals surface area contributed by atoms with E-state index in [1.807, 2.05) is 30.3 Å². The van der Waals surface area contributed by atoms with Crippen LogP contribution in [0.5, 0.6) is 0 Å². The minimum Gasteiger partial charge on any atom is -0.371 e. The van der Waals surface area contributed by atoms with Gasteiger partial charge in [0, 0.05) is 19.6 Å². The standard InChI is InChI=1S/C25H24F3NO/c26-25(27,28)23-9-5-4-8-22(23)20-12-10-19(11-13-20)14-15-29-16-17-30-24(18-29)21-6-2-1-3-7-21/h1-13,24H,14-18H2. The molecule has 3 aromatic rings. The first-order chi connectivity index (χ1) is 14.5. The first-order valence-electron chi connectivity index (χ1n) is 10.1. The van der Waals surface area contributed by atoms with Crippen molar-refractivity contribution in [2.75, 3.05) is 26.2 Å². The van der Waals surface area contributed by atoms with Gasteiger partial charge in [-0.15, -0.1) is 0 Å². The molecule has 1 atom stereocenters. The van der Waals surface area contributed by atoms with Crippen LogP contribution in [0.3, 0.4) is 0 Å². The van der Waals surface area contributed by atoms with E-state index in [1.54, 1.807) is 18.2 Å². The molecule has 156 valence electrons. The van der Waals surface area contributed by atoms with Gasteiger partial charge in [-0.3, -0.25) is 4.90 Å². The molecule has 0 saturated carbocycles. The van der Waals surface area contributed by atoms with Crippen molar-refractivity contribution in [3.05, 3.63) is 95.6 Å². The SMILES string of the molecule is FC(F)(F)c1ccccc1-c1ccc(CCN2CCOC(c3ccccc3)C2)cc1. The smallest absolute Gasteiger partial charge is 0.371 e. The average Bonchev–Trinajstić information content (AvgIpc) is 2.78. The lowest BCUT2D eigenvalue weighted by Crippen LogP contribution is -2.39. The lowest BCUT2D eigenvalue weighted by Gasteiger charge is -2.33. The highest BCUT2D eigenvalue weighted by Gasteiger charge is 2.33. The van der Waals surface area contributed by atoms with Gasteiger partial charge in [0.05, 0.1) is 18.3 Å². The van der Waals surface area contributed by atoms with E-state index in [2.05, 4.69) is 17.0 Å². The number of benzene rings is 3. The molecular weight excluding hydrogens is 387 g/mol. The zero-order chi connectivity index (χ0) is 21.0. The van der Waals surface area contributed by atoms with E-state index in [-0.39, 0.29) is 11.7 Å². The number of rotatable bonds is 5. The highest BCUT2D eigenvalue weighted by Crippen LogP contribution is 2.36. The van der Waals surface area contributed by atoms with E-state index in [0.29, 0.717) is 12.2 Å². The lowest BCUT2D eigenvalue weighted by atomic mass is 9.98. The maximum absolute atomic E-state index is 13.3. The van der Waals surface area contributed by atoms with E-state index < -0.39 is 11.7 Å². The van der Waals surface area contributed by atoms with Crippen molar-refractivity contribution in [1.82, 2.24) is 4.90 Å². The maximum Gasteiger partial charge on any atom is 0.417 e. The number of hydrogen-bond donors (Lipinski definition) is 0. The molecule has 1 fully saturated rings. The van der Waals surface area contributed by atoms with Crippen LogP contribution >= 0.6 is 0 Å². The molecule has 2 nitrogen and oxygen atoms in total. The van der Waals surface area contributed by atoms with Crippen LogP contribution in [0, 0.1) is 0 Å². The first-order valence-corrected chi connectivity index (χ1v) is 10.1. The summed E-state index contributed by atoms with van der Waals surface area (Å²) in [6.45, 7) is 3.33. The van der Waals surface area contributed by atoms with Crippen LogP contribution in [-0.2, 0) is 17.3 Å². The Morgan fingerprint density at radius 2 is 1.57 bits per heavy atom. The predicted octanol–water partition coefficient (Wildman–Crippen LogP) is 5.99. The Bertz CT molecular complexity index is 954. The molecule has 0 bridgehead atoms. The van der Waals surface area contributed by atoms with Gasteiger partial charge >= 0.3 is 6.18 Å². The molecule has 0 radical (unpaired) electrons. The minimum absolute atomic E-state index is 0.0844. The summed E-state index contributed by atoms with van der Waals surface area (Å²) < 4.78 is 45.8. The molecule has 0 aliphatic carbocycles. The number of morpholine rings is 1. The van der Waals surface area contributed by atoms with Gasteiger partial charge in [-0.2, -0.15) is 13.2 Å². The Balaban J connectivity index is 1.39. The Kier molecular flexibility index (Phi) is 6.21. The van der Waals surface area contributed by atoms with Gasteiger partial charge in [-0.05, 0) is 34.7 Å². The summed E-state index contributed by atoms with van der Waals surface area (Å²) >= 11 is 0. The summed E-state index contributed by atoms with van der Waals surface area (Å²) in [5.74, 6) is 0. The zero-order valence-corrected chi connectivity index (χ0v) is 16.6. The maximum atomic E-state index is 13.3. The van der Waals surface area contributed by atoms with E-state index in [4.69, 9.17) is 4.74 Å². The van der Waals surface area contributed by atoms with Crippen molar-refractivity contribution in [3.63, 3.8) is 0 Å². The molecule has 1 heterocycles. The predicted molar refractivity (Wildman–Crippen MR) is 112 cm³/mol. The van der Waals surface area contributed by atoms with Crippen LogP contribution in [0.25, 0.3) is 11.1 Å². The van der Waals surface area contributed by atoms with Crippen LogP contribution in [0.4, 0.5) is 13.2 Å². The van der Waals surface area contributed by atoms with Crippen molar-refractivity contribution in [3.8, 4) is 11.1 Å². The number of hydrogen-bond acceptors (Lipinski definition) is 2. The van der Waals surface area contributed by atoms with Crippen molar-refractivity contribution >= 4 is 0 Å². The summed E-state index contributed by atoms with van der Waals surface area (Å²) in [6.07, 6.45) is -3.43. The number of halogens is 3. The number of alkyl halides is 3. The molecule has 4 rings (SSSR count). The van der Waals surface area contributed by atoms with Gasteiger partial charge in [0.2, 0.25) is 0 Å². The largest absolute Gasteiger partial charge is 0.417 e. The van der Waals surface area contributed by atoms with Crippen LogP contribution in [0.1, 0.15) is 22.8 Å². The van der Waals surface area contributed by atoms with E-state index in [1.165, 1.54) is 17.7 Å². The fourth-order valence-corrected chi connectivity index (χ4v) is 3.90. The van der Waals surface area contributed by atoms with Crippen LogP contribution < -0.4 is 0 Å². The van der Waals surface area contributed by atoms with Gasteiger partial charge in [-0.25, -0.2) is 0 Å². The third-order valence-corrected chi connectivity index (χ3v) is 5.54. The summed E-state index contributed by atoms with van der Waals surface area (Å²) in [5.41, 5.74) is 2.51. The van der Waals surface area contributed by atoms with Crippen LogP contribution in [0.15, 0.2) is 78.9 Å². The highest BCUT2D eigenvalue weighted by atomic mass is 19.4. The monoisotopic (exact) mass is 411 g/mol. The molecule has 1 aliphatic rings. The molecule has 0 aromatic heterocycles. The van der Waals surface area contributed by atoms with Crippen LogP contribution in [-0.4, -0.2) is 31.1 Å². The molecule has 0 N–H and O–H groups in total. The second-order valence-electron chi connectivity index (χ2n) is 7.56. The normalized spacial score (nSPS) is 17.8. The molecule has 3 aromatic carbocycles. The molecule has 1 unspecified atom stereocenters. The third-order valence-electron chi connectivity index (χ3n) is 5.54. The Morgan fingerprint density at radius 3 is 2.30 bits per heavy atom. The second-order valence-corrected chi connectivity index (χ2v) is 7.56. The van der Waals surface area contributed by atoms with Gasteiger partial charge in [0.1, 0.15) is 0 Å². The number of nitrogens with zero attached hydrogens (tertiary/aromatic N) is 1. The summed E-state index contributed by atoms with van der Waals surface area (Å²) in [5, 5.41) is 0. The minimum atomic E-state index is -4.36. The van der Waals surface area contributed by atoms with Gasteiger partial charge in [0.25, 0.3) is 0 Å². The summed E-state index contributed by atoms with van der Waals surface area (Å²) in [7, 11) is 0. The number of ether oxygens (including phenoxy) is 1. The summed E-state index contributed by atoms with van der Waals surface area (Å²) in [6, 6.07) is 23.4. The molecule has 0 spiro atoms. The van der Waals surface area contributed by atoms with Crippen LogP contribution in [0.2, 0.25) is 0 Å². The Morgan fingerprint density at radius 1 is 0.867 bits per heavy atom. The molecule has 1 saturated heterocycles. The van der Waals surface area contributed by atoms with Gasteiger partial charge in [0.15, 0.2) is 0 Å². The fourth-order valence-electron chi connectivity index (χ4n) is 3.90. The quantitative estimate of drug-likeness (QED) is 0.511. The van der Waals surface area contributed by atoms with Gasteiger partial charge < -0.3 is 4.74 Å². The van der Waals surface area contributed by atoms with Crippen molar-refractivity contribution < 1.29 is 17.9 Å². The average molecular weight is 411 g/mol. The molecule has 1 aliphatic heterocycles. The van der Waals surface area contributed by atoms with E-state index in [0.717, 1.165) is 37.7 Å². The lowest BCUT2D eigenvalue weighted by molar-refractivity contribution is -0.137. The fraction of sp³-hybridized carbons (Fsp3) is 0.280. The molecule has 5 heteroatoms. The topological polar surface area (TPSA) is 12.5 Å². The van der Waals surface area contributed by atoms with E-state index in [9.17, 15) is 13.2 Å². The third kappa shape index (κ3) is 4.91.